The van der Waals surface area contributed by atoms with Gasteiger partial charge in [-0.25, -0.2) is 0 Å². The molecule has 2 aromatic rings. The Kier molecular flexibility index (Phi) is 2.17. The largest absolute Gasteiger partial charge is 0.339 e. The zero-order valence-corrected chi connectivity index (χ0v) is 7.88. The first-order valence-electron chi connectivity index (χ1n) is 4.22. The zero-order valence-electron chi connectivity index (χ0n) is 7.88. The number of hydrogen-bond donors (Lipinski definition) is 0. The second-order valence-corrected chi connectivity index (χ2v) is 2.91. The van der Waals surface area contributed by atoms with Crippen LogP contribution in [0.3, 0.4) is 0 Å². The van der Waals surface area contributed by atoms with Crippen molar-refractivity contribution in [1.29, 1.82) is 0 Å². The van der Waals surface area contributed by atoms with Crippen molar-refractivity contribution >= 4 is 5.69 Å². The molecule has 0 aliphatic heterocycles. The van der Waals surface area contributed by atoms with Gasteiger partial charge in [0, 0.05) is 13.0 Å². The second kappa shape index (κ2) is 3.49. The van der Waals surface area contributed by atoms with Gasteiger partial charge in [-0.15, -0.1) is 0 Å². The molecule has 0 atom stereocenters. The Labute approximate surface area is 84.7 Å². The molecule has 1 heterocycles. The molecule has 6 nitrogen and oxygen atoms in total. The predicted octanol–water partition coefficient (Wildman–Crippen LogP) is 1.95. The fourth-order valence-electron chi connectivity index (χ4n) is 1.23. The molecule has 0 saturated carbocycles. The fourth-order valence-corrected chi connectivity index (χ4v) is 1.23. The van der Waals surface area contributed by atoms with Gasteiger partial charge in [0.05, 0.1) is 4.92 Å². The molecule has 0 unspecified atom stereocenters. The minimum absolute atomic E-state index is 0.0294. The van der Waals surface area contributed by atoms with Crippen molar-refractivity contribution in [3.63, 3.8) is 0 Å². The number of hydrogen-bond acceptors (Lipinski definition) is 5. The summed E-state index contributed by atoms with van der Waals surface area (Å²) in [6.07, 6.45) is 0. The number of rotatable bonds is 2. The first-order valence-corrected chi connectivity index (χ1v) is 4.22. The van der Waals surface area contributed by atoms with Crippen LogP contribution in [0, 0.1) is 17.0 Å². The van der Waals surface area contributed by atoms with Crippen molar-refractivity contribution in [2.75, 3.05) is 0 Å². The zero-order chi connectivity index (χ0) is 10.8. The number of nitro groups is 1. The van der Waals surface area contributed by atoms with Gasteiger partial charge < -0.3 is 4.52 Å². The smallest absolute Gasteiger partial charge is 0.280 e. The molecule has 0 fully saturated rings. The Morgan fingerprint density at radius 2 is 2.13 bits per heavy atom. The fraction of sp³-hybridized carbons (Fsp3) is 0.111. The third-order valence-corrected chi connectivity index (χ3v) is 1.87. The van der Waals surface area contributed by atoms with Gasteiger partial charge in [-0.3, -0.25) is 10.1 Å². The van der Waals surface area contributed by atoms with Gasteiger partial charge >= 0.3 is 0 Å². The van der Waals surface area contributed by atoms with Crippen LogP contribution < -0.4 is 0 Å². The summed E-state index contributed by atoms with van der Waals surface area (Å²) in [4.78, 5) is 14.2. The normalized spacial score (nSPS) is 10.2. The Bertz CT molecular complexity index is 507. The topological polar surface area (TPSA) is 82.1 Å². The maximum Gasteiger partial charge on any atom is 0.280 e. The van der Waals surface area contributed by atoms with Crippen LogP contribution in [0.4, 0.5) is 5.69 Å². The molecule has 0 N–H and O–H groups in total. The lowest BCUT2D eigenvalue weighted by Crippen LogP contribution is -1.92. The maximum absolute atomic E-state index is 10.7. The van der Waals surface area contributed by atoms with E-state index in [0.29, 0.717) is 11.5 Å². The molecule has 0 spiro atoms. The number of nitro benzene ring substituents is 1. The summed E-state index contributed by atoms with van der Waals surface area (Å²) >= 11 is 0. The van der Waals surface area contributed by atoms with E-state index in [-0.39, 0.29) is 11.5 Å². The number of aromatic nitrogens is 2. The van der Waals surface area contributed by atoms with Crippen LogP contribution in [0.15, 0.2) is 28.8 Å². The lowest BCUT2D eigenvalue weighted by molar-refractivity contribution is -0.384. The van der Waals surface area contributed by atoms with Crippen molar-refractivity contribution in [3.8, 4) is 11.4 Å². The molecular weight excluding hydrogens is 198 g/mol. The van der Waals surface area contributed by atoms with Gasteiger partial charge in [0.15, 0.2) is 0 Å². The number of benzene rings is 1. The third kappa shape index (κ3) is 1.69. The monoisotopic (exact) mass is 205 g/mol. The molecule has 6 heteroatoms. The summed E-state index contributed by atoms with van der Waals surface area (Å²) in [6, 6.07) is 6.27. The van der Waals surface area contributed by atoms with Crippen molar-refractivity contribution in [2.45, 2.75) is 6.92 Å². The van der Waals surface area contributed by atoms with E-state index in [9.17, 15) is 10.1 Å². The van der Waals surface area contributed by atoms with Gasteiger partial charge in [-0.1, -0.05) is 17.3 Å². The van der Waals surface area contributed by atoms with Gasteiger partial charge in [-0.05, 0) is 6.07 Å². The molecule has 0 aliphatic rings. The Balaban J connectivity index is 2.57. The molecule has 0 bridgehead atoms. The van der Waals surface area contributed by atoms with Crippen LogP contribution >= 0.6 is 0 Å². The molecule has 0 saturated heterocycles. The van der Waals surface area contributed by atoms with Crippen LogP contribution in [-0.2, 0) is 0 Å². The van der Waals surface area contributed by atoms with E-state index in [1.54, 1.807) is 25.1 Å². The Morgan fingerprint density at radius 1 is 1.40 bits per heavy atom. The highest BCUT2D eigenvalue weighted by Gasteiger charge is 2.17. The van der Waals surface area contributed by atoms with E-state index in [1.165, 1.54) is 6.07 Å². The van der Waals surface area contributed by atoms with Gasteiger partial charge in [0.2, 0.25) is 11.7 Å². The highest BCUT2D eigenvalue weighted by atomic mass is 16.6. The van der Waals surface area contributed by atoms with Crippen molar-refractivity contribution in [2.24, 2.45) is 0 Å². The highest BCUT2D eigenvalue weighted by molar-refractivity contribution is 5.67. The quantitative estimate of drug-likeness (QED) is 0.552. The minimum atomic E-state index is -0.471. The van der Waals surface area contributed by atoms with Crippen molar-refractivity contribution < 1.29 is 9.45 Å². The van der Waals surface area contributed by atoms with Gasteiger partial charge in [0.1, 0.15) is 5.56 Å². The SMILES string of the molecule is Cc1nc(-c2ccccc2[N+](=O)[O-])no1. The molecule has 1 aromatic heterocycles. The van der Waals surface area contributed by atoms with E-state index in [2.05, 4.69) is 10.1 Å². The number of aryl methyl sites for hydroxylation is 1. The summed E-state index contributed by atoms with van der Waals surface area (Å²) < 4.78 is 4.77. The number of nitrogens with zero attached hydrogens (tertiary/aromatic N) is 3. The predicted molar refractivity (Wildman–Crippen MR) is 51.1 cm³/mol. The molecule has 15 heavy (non-hydrogen) atoms. The molecule has 0 radical (unpaired) electrons. The van der Waals surface area contributed by atoms with Crippen LogP contribution in [0.5, 0.6) is 0 Å². The van der Waals surface area contributed by atoms with E-state index in [0.717, 1.165) is 0 Å². The lowest BCUT2D eigenvalue weighted by atomic mass is 10.2. The summed E-state index contributed by atoms with van der Waals surface area (Å²) in [5.74, 6) is 0.614. The first kappa shape index (κ1) is 9.32. The molecule has 0 aliphatic carbocycles. The number of para-hydroxylation sites is 1. The first-order chi connectivity index (χ1) is 7.18. The standard InChI is InChI=1S/C9H7N3O3/c1-6-10-9(11-15-6)7-4-2-3-5-8(7)12(13)14/h2-5H,1H3. The van der Waals surface area contributed by atoms with E-state index in [4.69, 9.17) is 4.52 Å². The summed E-state index contributed by atoms with van der Waals surface area (Å²) in [6.45, 7) is 1.63. The van der Waals surface area contributed by atoms with Crippen LogP contribution in [-0.4, -0.2) is 15.1 Å². The maximum atomic E-state index is 10.7. The van der Waals surface area contributed by atoms with Crippen LogP contribution in [0.2, 0.25) is 0 Å². The van der Waals surface area contributed by atoms with Crippen LogP contribution in [0.1, 0.15) is 5.89 Å². The van der Waals surface area contributed by atoms with Crippen molar-refractivity contribution in [1.82, 2.24) is 10.1 Å². The molecule has 2 rings (SSSR count). The molecule has 0 amide bonds. The third-order valence-electron chi connectivity index (χ3n) is 1.87. The minimum Gasteiger partial charge on any atom is -0.339 e. The van der Waals surface area contributed by atoms with Gasteiger partial charge in [-0.2, -0.15) is 4.98 Å². The second-order valence-electron chi connectivity index (χ2n) is 2.91. The molecule has 76 valence electrons. The molecular formula is C9H7N3O3. The Hall–Kier alpha value is -2.24. The van der Waals surface area contributed by atoms with E-state index < -0.39 is 4.92 Å². The average Bonchev–Trinajstić information content (AvgIpc) is 2.65. The van der Waals surface area contributed by atoms with Crippen molar-refractivity contribution in [3.05, 3.63) is 40.3 Å². The Morgan fingerprint density at radius 3 is 2.73 bits per heavy atom. The lowest BCUT2D eigenvalue weighted by Gasteiger charge is -1.95. The van der Waals surface area contributed by atoms with E-state index >= 15 is 0 Å². The van der Waals surface area contributed by atoms with Crippen LogP contribution in [0.25, 0.3) is 11.4 Å². The summed E-state index contributed by atoms with van der Waals surface area (Å²) in [7, 11) is 0. The van der Waals surface area contributed by atoms with Gasteiger partial charge in [0.25, 0.3) is 5.69 Å². The summed E-state index contributed by atoms with van der Waals surface area (Å²) in [5, 5.41) is 14.4. The average molecular weight is 205 g/mol. The molecule has 1 aromatic carbocycles. The highest BCUT2D eigenvalue weighted by Crippen LogP contribution is 2.26. The van der Waals surface area contributed by atoms with E-state index in [1.807, 2.05) is 0 Å². The summed E-state index contributed by atoms with van der Waals surface area (Å²) in [5.41, 5.74) is 0.331.